The highest BCUT2D eigenvalue weighted by atomic mass is 16.5. The Hall–Kier alpha value is -1.92. The number of esters is 1. The number of carbonyl (C=O) groups excluding carboxylic acids is 1. The summed E-state index contributed by atoms with van der Waals surface area (Å²) in [4.78, 5) is 28.9. The number of aromatic nitrogens is 1. The summed E-state index contributed by atoms with van der Waals surface area (Å²) in [7, 11) is 1.43. The molecule has 1 saturated heterocycles. The van der Waals surface area contributed by atoms with Crippen molar-refractivity contribution in [1.29, 1.82) is 0 Å². The SMILES string of the molecule is COC(=O)[C@@H]1[C@@H](CO)[C@@H]2Cn3c(ccc(C4=CCCCC4)c3=O)[C@H]1N2CC1CCCCC1. The molecule has 1 aromatic heterocycles. The number of ether oxygens (including phenoxy) is 1. The topological polar surface area (TPSA) is 71.8 Å². The van der Waals surface area contributed by atoms with Crippen LogP contribution in [0.1, 0.15) is 75.1 Å². The Morgan fingerprint density at radius 3 is 2.66 bits per heavy atom. The zero-order chi connectivity index (χ0) is 22.2. The van der Waals surface area contributed by atoms with Crippen LogP contribution >= 0.6 is 0 Å². The first kappa shape index (κ1) is 21.9. The molecule has 0 radical (unpaired) electrons. The normalized spacial score (nSPS) is 30.6. The molecule has 174 valence electrons. The maximum atomic E-state index is 13.6. The molecular weight excluding hydrogens is 404 g/mol. The predicted octanol–water partition coefficient (Wildman–Crippen LogP) is 3.52. The number of fused-ring (bicyclic) bond motifs is 4. The number of carbonyl (C=O) groups is 1. The molecule has 1 N–H and O–H groups in total. The number of aliphatic hydroxyl groups is 1. The number of aliphatic hydroxyl groups excluding tert-OH is 1. The van der Waals surface area contributed by atoms with E-state index < -0.39 is 5.92 Å². The Balaban J connectivity index is 1.56. The molecule has 4 atom stereocenters. The van der Waals surface area contributed by atoms with Gasteiger partial charge in [-0.2, -0.15) is 0 Å². The molecule has 1 aromatic rings. The van der Waals surface area contributed by atoms with E-state index in [-0.39, 0.29) is 36.1 Å². The van der Waals surface area contributed by atoms with Gasteiger partial charge in [-0.25, -0.2) is 0 Å². The van der Waals surface area contributed by atoms with Crippen LogP contribution < -0.4 is 5.56 Å². The lowest BCUT2D eigenvalue weighted by Crippen LogP contribution is -2.48. The van der Waals surface area contributed by atoms with Gasteiger partial charge in [0.1, 0.15) is 0 Å². The molecule has 0 amide bonds. The average Bonchev–Trinajstić information content (AvgIpc) is 3.04. The first-order valence-corrected chi connectivity index (χ1v) is 12.5. The Morgan fingerprint density at radius 2 is 1.97 bits per heavy atom. The number of hydrogen-bond donors (Lipinski definition) is 1. The van der Waals surface area contributed by atoms with Crippen molar-refractivity contribution in [1.82, 2.24) is 9.47 Å². The van der Waals surface area contributed by atoms with Gasteiger partial charge in [0, 0.05) is 42.9 Å². The van der Waals surface area contributed by atoms with Gasteiger partial charge in [0.2, 0.25) is 0 Å². The second-order valence-electron chi connectivity index (χ2n) is 10.2. The fourth-order valence-electron chi connectivity index (χ4n) is 6.87. The Labute approximate surface area is 190 Å². The van der Waals surface area contributed by atoms with Gasteiger partial charge in [0.05, 0.1) is 19.1 Å². The van der Waals surface area contributed by atoms with E-state index in [2.05, 4.69) is 17.0 Å². The Morgan fingerprint density at radius 1 is 1.16 bits per heavy atom. The van der Waals surface area contributed by atoms with E-state index in [0.29, 0.717) is 12.5 Å². The van der Waals surface area contributed by atoms with Crippen LogP contribution in [0.3, 0.4) is 0 Å². The third-order valence-electron chi connectivity index (χ3n) is 8.47. The predicted molar refractivity (Wildman–Crippen MR) is 123 cm³/mol. The Kier molecular flexibility index (Phi) is 6.26. The molecule has 0 spiro atoms. The zero-order valence-corrected chi connectivity index (χ0v) is 19.2. The van der Waals surface area contributed by atoms with E-state index in [4.69, 9.17) is 4.74 Å². The van der Waals surface area contributed by atoms with Gasteiger partial charge in [-0.15, -0.1) is 0 Å². The summed E-state index contributed by atoms with van der Waals surface area (Å²) >= 11 is 0. The summed E-state index contributed by atoms with van der Waals surface area (Å²) in [5, 5.41) is 10.3. The number of nitrogens with zero attached hydrogens (tertiary/aromatic N) is 2. The first-order valence-electron chi connectivity index (χ1n) is 12.5. The highest BCUT2D eigenvalue weighted by molar-refractivity contribution is 5.75. The van der Waals surface area contributed by atoms with Crippen LogP contribution in [0.4, 0.5) is 0 Å². The van der Waals surface area contributed by atoms with Gasteiger partial charge < -0.3 is 14.4 Å². The van der Waals surface area contributed by atoms with Crippen molar-refractivity contribution in [3.63, 3.8) is 0 Å². The molecule has 0 aromatic carbocycles. The fraction of sp³-hybridized carbons (Fsp3) is 0.692. The molecule has 0 unspecified atom stereocenters. The molecule has 6 nitrogen and oxygen atoms in total. The number of rotatable bonds is 5. The fourth-order valence-corrected chi connectivity index (χ4v) is 6.87. The van der Waals surface area contributed by atoms with E-state index in [1.807, 2.05) is 10.6 Å². The van der Waals surface area contributed by atoms with E-state index in [0.717, 1.165) is 42.6 Å². The average molecular weight is 441 g/mol. The van der Waals surface area contributed by atoms with Crippen molar-refractivity contribution in [3.8, 4) is 0 Å². The standard InChI is InChI=1S/C26H36N2O4/c1-32-26(31)23-20(16-29)22-15-28-21(24(23)27(22)14-17-8-4-2-5-9-17)13-12-19(25(28)30)18-10-6-3-7-11-18/h10,12-13,17,20,22-24,29H,2-9,11,14-16H2,1H3/t20-,22-,23+,24+/m0/s1. The summed E-state index contributed by atoms with van der Waals surface area (Å²) in [6.07, 6.45) is 12.8. The third kappa shape index (κ3) is 3.65. The molecule has 3 heterocycles. The summed E-state index contributed by atoms with van der Waals surface area (Å²) in [6, 6.07) is 3.82. The van der Waals surface area contributed by atoms with Gasteiger partial charge in [0.15, 0.2) is 0 Å². The molecule has 32 heavy (non-hydrogen) atoms. The highest BCUT2D eigenvalue weighted by Gasteiger charge is 2.56. The van der Waals surface area contributed by atoms with E-state index in [1.54, 1.807) is 0 Å². The second-order valence-corrected chi connectivity index (χ2v) is 10.2. The minimum absolute atomic E-state index is 0.0168. The summed E-state index contributed by atoms with van der Waals surface area (Å²) in [6.45, 7) is 1.40. The lowest BCUT2D eigenvalue weighted by Gasteiger charge is -2.40. The number of pyridine rings is 1. The smallest absolute Gasteiger partial charge is 0.311 e. The van der Waals surface area contributed by atoms with Crippen molar-refractivity contribution in [3.05, 3.63) is 39.8 Å². The van der Waals surface area contributed by atoms with Gasteiger partial charge >= 0.3 is 5.97 Å². The van der Waals surface area contributed by atoms with Crippen LogP contribution in [0.15, 0.2) is 23.0 Å². The molecule has 2 aliphatic heterocycles. The Bertz CT molecular complexity index is 946. The van der Waals surface area contributed by atoms with E-state index >= 15 is 0 Å². The summed E-state index contributed by atoms with van der Waals surface area (Å²) in [5.74, 6) is -0.307. The second kappa shape index (κ2) is 9.14. The van der Waals surface area contributed by atoms with Crippen LogP contribution in [-0.2, 0) is 16.1 Å². The molecule has 2 bridgehead atoms. The molecule has 5 rings (SSSR count). The monoisotopic (exact) mass is 440 g/mol. The van der Waals surface area contributed by atoms with Crippen LogP contribution in [-0.4, -0.2) is 46.8 Å². The van der Waals surface area contributed by atoms with Gasteiger partial charge in [-0.3, -0.25) is 14.5 Å². The van der Waals surface area contributed by atoms with Crippen LogP contribution in [0.2, 0.25) is 0 Å². The van der Waals surface area contributed by atoms with Gasteiger partial charge in [-0.05, 0) is 62.1 Å². The van der Waals surface area contributed by atoms with Crippen molar-refractivity contribution < 1.29 is 14.6 Å². The number of hydrogen-bond acceptors (Lipinski definition) is 5. The lowest BCUT2D eigenvalue weighted by molar-refractivity contribution is -0.148. The van der Waals surface area contributed by atoms with Gasteiger partial charge in [-0.1, -0.05) is 25.3 Å². The number of methoxy groups -OCH3 is 1. The van der Waals surface area contributed by atoms with Crippen molar-refractivity contribution in [2.45, 2.75) is 76.4 Å². The maximum absolute atomic E-state index is 13.6. The van der Waals surface area contributed by atoms with Gasteiger partial charge in [0.25, 0.3) is 5.56 Å². The first-order chi connectivity index (χ1) is 15.6. The maximum Gasteiger partial charge on any atom is 0.311 e. The largest absolute Gasteiger partial charge is 0.469 e. The van der Waals surface area contributed by atoms with Crippen LogP contribution in [0.5, 0.6) is 0 Å². The minimum atomic E-state index is -0.438. The lowest BCUT2D eigenvalue weighted by atomic mass is 9.87. The molecule has 4 aliphatic rings. The van der Waals surface area contributed by atoms with E-state index in [9.17, 15) is 14.7 Å². The summed E-state index contributed by atoms with van der Waals surface area (Å²) in [5.41, 5.74) is 2.94. The zero-order valence-electron chi connectivity index (χ0n) is 19.2. The van der Waals surface area contributed by atoms with Crippen molar-refractivity contribution in [2.24, 2.45) is 17.8 Å². The molecule has 2 fully saturated rings. The number of allylic oxidation sites excluding steroid dienone is 2. The third-order valence-corrected chi connectivity index (χ3v) is 8.47. The van der Waals surface area contributed by atoms with Crippen LogP contribution in [0, 0.1) is 17.8 Å². The molecule has 1 saturated carbocycles. The van der Waals surface area contributed by atoms with E-state index in [1.165, 1.54) is 45.6 Å². The molecular formula is C26H36N2O4. The molecule has 2 aliphatic carbocycles. The quantitative estimate of drug-likeness (QED) is 0.710. The minimum Gasteiger partial charge on any atom is -0.469 e. The summed E-state index contributed by atoms with van der Waals surface area (Å²) < 4.78 is 7.11. The van der Waals surface area contributed by atoms with Crippen molar-refractivity contribution in [2.75, 3.05) is 20.3 Å². The van der Waals surface area contributed by atoms with Crippen molar-refractivity contribution >= 4 is 11.5 Å². The van der Waals surface area contributed by atoms with Crippen LogP contribution in [0.25, 0.3) is 5.57 Å². The highest BCUT2D eigenvalue weighted by Crippen LogP contribution is 2.49. The molecule has 6 heteroatoms.